The van der Waals surface area contributed by atoms with E-state index in [4.69, 9.17) is 0 Å². The molecule has 0 radical (unpaired) electrons. The summed E-state index contributed by atoms with van der Waals surface area (Å²) >= 11 is 2.75. The lowest BCUT2D eigenvalue weighted by atomic mass is 10.2. The fourth-order valence-electron chi connectivity index (χ4n) is 2.25. The number of amides is 1. The average Bonchev–Trinajstić information content (AvgIpc) is 3.15. The van der Waals surface area contributed by atoms with Crippen LogP contribution in [0.15, 0.2) is 29.6 Å². The Kier molecular flexibility index (Phi) is 4.07. The number of nitrogens with one attached hydrogen (secondary N) is 1. The van der Waals surface area contributed by atoms with E-state index in [1.165, 1.54) is 28.7 Å². The van der Waals surface area contributed by atoms with Crippen molar-refractivity contribution in [2.75, 3.05) is 5.32 Å². The van der Waals surface area contributed by atoms with Gasteiger partial charge in [-0.3, -0.25) is 4.79 Å². The highest BCUT2D eigenvalue weighted by atomic mass is 32.1. The van der Waals surface area contributed by atoms with Crippen molar-refractivity contribution >= 4 is 33.7 Å². The molecule has 0 spiro atoms. The van der Waals surface area contributed by atoms with Crippen molar-refractivity contribution in [1.29, 1.82) is 0 Å². The quantitative estimate of drug-likeness (QED) is 0.750. The summed E-state index contributed by atoms with van der Waals surface area (Å²) in [6.07, 6.45) is 2.43. The predicted octanol–water partition coefficient (Wildman–Crippen LogP) is 3.86. The van der Waals surface area contributed by atoms with Gasteiger partial charge in [-0.2, -0.15) is 0 Å². The normalized spacial score (nSPS) is 13.9. The summed E-state index contributed by atoms with van der Waals surface area (Å²) in [5.74, 6) is 0.0122. The molecule has 1 saturated carbocycles. The van der Waals surface area contributed by atoms with Gasteiger partial charge < -0.3 is 5.32 Å². The molecule has 4 rings (SSSR count). The fraction of sp³-hybridized carbons (Fsp3) is 0.250. The smallest absolute Gasteiger partial charge is 0.232 e. The molecule has 1 N–H and O–H groups in total. The van der Waals surface area contributed by atoms with Crippen LogP contribution in [0.4, 0.5) is 9.52 Å². The van der Waals surface area contributed by atoms with E-state index in [9.17, 15) is 9.18 Å². The minimum Gasteiger partial charge on any atom is -0.300 e. The van der Waals surface area contributed by atoms with Crippen LogP contribution in [0, 0.1) is 5.82 Å². The number of aromatic nitrogens is 3. The van der Waals surface area contributed by atoms with E-state index in [2.05, 4.69) is 20.5 Å². The van der Waals surface area contributed by atoms with E-state index in [1.54, 1.807) is 23.6 Å². The van der Waals surface area contributed by atoms with Crippen LogP contribution in [0.25, 0.3) is 10.6 Å². The predicted molar refractivity (Wildman–Crippen MR) is 91.7 cm³/mol. The molecule has 2 heterocycles. The van der Waals surface area contributed by atoms with Crippen LogP contribution < -0.4 is 5.32 Å². The number of nitrogens with zero attached hydrogens (tertiary/aromatic N) is 3. The van der Waals surface area contributed by atoms with E-state index >= 15 is 0 Å². The van der Waals surface area contributed by atoms with Gasteiger partial charge in [-0.15, -0.1) is 21.5 Å². The minimum atomic E-state index is -0.315. The molecule has 0 aliphatic heterocycles. The van der Waals surface area contributed by atoms with Gasteiger partial charge in [0, 0.05) is 16.9 Å². The van der Waals surface area contributed by atoms with Crippen molar-refractivity contribution in [1.82, 2.24) is 15.2 Å². The second kappa shape index (κ2) is 6.37. The lowest BCUT2D eigenvalue weighted by Gasteiger charge is -1.99. The largest absolute Gasteiger partial charge is 0.300 e. The molecule has 2 aromatic heterocycles. The molecule has 0 bridgehead atoms. The van der Waals surface area contributed by atoms with Gasteiger partial charge in [-0.25, -0.2) is 9.37 Å². The number of benzene rings is 1. The third-order valence-corrected chi connectivity index (χ3v) is 5.54. The zero-order valence-electron chi connectivity index (χ0n) is 12.5. The van der Waals surface area contributed by atoms with Crippen LogP contribution in [-0.2, 0) is 11.2 Å². The van der Waals surface area contributed by atoms with Crippen molar-refractivity contribution in [2.45, 2.75) is 25.2 Å². The van der Waals surface area contributed by atoms with Gasteiger partial charge >= 0.3 is 0 Å². The molecule has 8 heteroatoms. The Labute approximate surface area is 145 Å². The maximum Gasteiger partial charge on any atom is 0.232 e. The summed E-state index contributed by atoms with van der Waals surface area (Å²) in [6, 6.07) is 6.48. The molecule has 0 unspecified atom stereocenters. The van der Waals surface area contributed by atoms with Crippen molar-refractivity contribution in [3.8, 4) is 10.6 Å². The van der Waals surface area contributed by atoms with Crippen molar-refractivity contribution < 1.29 is 9.18 Å². The lowest BCUT2D eigenvalue weighted by molar-refractivity contribution is -0.115. The highest BCUT2D eigenvalue weighted by Crippen LogP contribution is 2.42. The third kappa shape index (κ3) is 3.34. The Hall–Kier alpha value is -2.19. The molecule has 0 saturated heterocycles. The molecule has 1 aliphatic rings. The zero-order chi connectivity index (χ0) is 16.5. The van der Waals surface area contributed by atoms with Crippen molar-refractivity contribution in [3.63, 3.8) is 0 Å². The first-order valence-corrected chi connectivity index (χ1v) is 9.21. The molecule has 1 aromatic carbocycles. The molecule has 122 valence electrons. The lowest BCUT2D eigenvalue weighted by Crippen LogP contribution is -2.14. The van der Waals surface area contributed by atoms with Crippen LogP contribution in [0.3, 0.4) is 0 Å². The summed E-state index contributed by atoms with van der Waals surface area (Å²) in [6.45, 7) is 0. The number of hydrogen-bond acceptors (Lipinski definition) is 6. The summed E-state index contributed by atoms with van der Waals surface area (Å²) in [7, 11) is 0. The molecule has 3 aromatic rings. The van der Waals surface area contributed by atoms with Crippen molar-refractivity contribution in [2.24, 2.45) is 0 Å². The monoisotopic (exact) mass is 360 g/mol. The fourth-order valence-corrected chi connectivity index (χ4v) is 4.03. The van der Waals surface area contributed by atoms with Crippen LogP contribution >= 0.6 is 22.7 Å². The number of anilines is 1. The standard InChI is InChI=1S/C16H13FN4OS2/c17-12-4-2-1-3-11(12)15-18-10(8-23-15)7-13(22)19-16-21-20-14(24-16)9-5-6-9/h1-4,8-9H,5-7H2,(H,19,21,22). The Bertz CT molecular complexity index is 888. The first kappa shape index (κ1) is 15.3. The van der Waals surface area contributed by atoms with Crippen LogP contribution in [0.2, 0.25) is 0 Å². The van der Waals surface area contributed by atoms with E-state index in [0.717, 1.165) is 17.8 Å². The van der Waals surface area contributed by atoms with Gasteiger partial charge in [0.25, 0.3) is 0 Å². The Balaban J connectivity index is 1.41. The Morgan fingerprint density at radius 2 is 2.12 bits per heavy atom. The van der Waals surface area contributed by atoms with E-state index in [1.807, 2.05) is 0 Å². The highest BCUT2D eigenvalue weighted by Gasteiger charge is 2.27. The SMILES string of the molecule is O=C(Cc1csc(-c2ccccc2F)n1)Nc1nnc(C2CC2)s1. The van der Waals surface area contributed by atoms with Gasteiger partial charge in [0.2, 0.25) is 11.0 Å². The third-order valence-electron chi connectivity index (χ3n) is 3.61. The number of halogens is 1. The van der Waals surface area contributed by atoms with Crippen LogP contribution in [0.1, 0.15) is 29.5 Å². The summed E-state index contributed by atoms with van der Waals surface area (Å²) < 4.78 is 13.8. The van der Waals surface area contributed by atoms with Gasteiger partial charge in [-0.05, 0) is 25.0 Å². The van der Waals surface area contributed by atoms with E-state index in [-0.39, 0.29) is 18.1 Å². The Morgan fingerprint density at radius 3 is 2.92 bits per heavy atom. The maximum absolute atomic E-state index is 13.8. The first-order chi connectivity index (χ1) is 11.7. The van der Waals surface area contributed by atoms with E-state index < -0.39 is 0 Å². The van der Waals surface area contributed by atoms with Gasteiger partial charge in [0.05, 0.1) is 12.1 Å². The number of carbonyl (C=O) groups is 1. The number of rotatable bonds is 5. The molecule has 1 amide bonds. The zero-order valence-corrected chi connectivity index (χ0v) is 14.2. The van der Waals surface area contributed by atoms with Crippen molar-refractivity contribution in [3.05, 3.63) is 46.2 Å². The highest BCUT2D eigenvalue weighted by molar-refractivity contribution is 7.15. The second-order valence-electron chi connectivity index (χ2n) is 5.57. The number of hydrogen-bond donors (Lipinski definition) is 1. The molecule has 5 nitrogen and oxygen atoms in total. The topological polar surface area (TPSA) is 67.8 Å². The summed E-state index contributed by atoms with van der Waals surface area (Å²) in [4.78, 5) is 16.5. The maximum atomic E-state index is 13.8. The second-order valence-corrected chi connectivity index (χ2v) is 7.44. The number of carbonyl (C=O) groups excluding carboxylic acids is 1. The molecule has 1 aliphatic carbocycles. The first-order valence-electron chi connectivity index (χ1n) is 7.51. The van der Waals surface area contributed by atoms with Crippen LogP contribution in [-0.4, -0.2) is 21.1 Å². The van der Waals surface area contributed by atoms with E-state index in [0.29, 0.717) is 27.3 Å². The molecule has 0 atom stereocenters. The summed E-state index contributed by atoms with van der Waals surface area (Å²) in [5.41, 5.74) is 1.06. The average molecular weight is 360 g/mol. The molecular weight excluding hydrogens is 347 g/mol. The summed E-state index contributed by atoms with van der Waals surface area (Å²) in [5, 5.41) is 14.7. The molecule has 1 fully saturated rings. The van der Waals surface area contributed by atoms with Gasteiger partial charge in [0.1, 0.15) is 15.8 Å². The van der Waals surface area contributed by atoms with Gasteiger partial charge in [-0.1, -0.05) is 23.5 Å². The Morgan fingerprint density at radius 1 is 1.29 bits per heavy atom. The van der Waals surface area contributed by atoms with Gasteiger partial charge in [0.15, 0.2) is 0 Å². The minimum absolute atomic E-state index is 0.128. The molecule has 24 heavy (non-hydrogen) atoms. The van der Waals surface area contributed by atoms with Crippen LogP contribution in [0.5, 0.6) is 0 Å². The number of thiazole rings is 1. The molecular formula is C16H13FN4OS2.